The number of hydrogen-bond donors (Lipinski definition) is 1. The van der Waals surface area contributed by atoms with E-state index < -0.39 is 0 Å². The van der Waals surface area contributed by atoms with Crippen LogP contribution in [0.15, 0.2) is 53.0 Å². The zero-order valence-corrected chi connectivity index (χ0v) is 13.1. The Morgan fingerprint density at radius 1 is 1.00 bits per heavy atom. The highest BCUT2D eigenvalue weighted by Crippen LogP contribution is 2.27. The van der Waals surface area contributed by atoms with Crippen LogP contribution < -0.4 is 5.32 Å². The van der Waals surface area contributed by atoms with E-state index in [1.807, 2.05) is 0 Å². The summed E-state index contributed by atoms with van der Waals surface area (Å²) in [6, 6.07) is 17.3. The molecule has 0 atom stereocenters. The normalized spacial score (nSPS) is 16.2. The molecule has 1 heterocycles. The van der Waals surface area contributed by atoms with Gasteiger partial charge in [-0.05, 0) is 28.8 Å². The fraction of sp³-hybridized carbons (Fsp3) is 0.294. The summed E-state index contributed by atoms with van der Waals surface area (Å²) in [4.78, 5) is 2.52. The maximum Gasteiger partial charge on any atom is 0.0240 e. The van der Waals surface area contributed by atoms with Crippen molar-refractivity contribution in [2.75, 3.05) is 26.2 Å². The average Bonchev–Trinajstić information content (AvgIpc) is 2.49. The molecule has 2 aromatic carbocycles. The number of piperazine rings is 1. The van der Waals surface area contributed by atoms with E-state index in [9.17, 15) is 0 Å². The molecule has 0 unspecified atom stereocenters. The zero-order chi connectivity index (χ0) is 13.8. The first kappa shape index (κ1) is 13.8. The Kier molecular flexibility index (Phi) is 4.51. The molecule has 0 radical (unpaired) electrons. The number of rotatable bonds is 3. The van der Waals surface area contributed by atoms with Gasteiger partial charge >= 0.3 is 0 Å². The molecule has 1 saturated heterocycles. The Hall–Kier alpha value is -1.16. The van der Waals surface area contributed by atoms with E-state index >= 15 is 0 Å². The molecule has 2 nitrogen and oxygen atoms in total. The van der Waals surface area contributed by atoms with Crippen LogP contribution in [-0.4, -0.2) is 31.1 Å². The summed E-state index contributed by atoms with van der Waals surface area (Å²) < 4.78 is 1.13. The quantitative estimate of drug-likeness (QED) is 0.926. The summed E-state index contributed by atoms with van der Waals surface area (Å²) in [7, 11) is 0. The van der Waals surface area contributed by atoms with Crippen molar-refractivity contribution in [3.8, 4) is 11.1 Å². The molecule has 1 N–H and O–H groups in total. The summed E-state index contributed by atoms with van der Waals surface area (Å²) in [6.45, 7) is 5.49. The smallest absolute Gasteiger partial charge is 0.0240 e. The molecule has 20 heavy (non-hydrogen) atoms. The molecule has 1 aliphatic rings. The van der Waals surface area contributed by atoms with Gasteiger partial charge in [0.05, 0.1) is 0 Å². The monoisotopic (exact) mass is 330 g/mol. The van der Waals surface area contributed by atoms with E-state index in [4.69, 9.17) is 0 Å². The maximum atomic E-state index is 3.56. The van der Waals surface area contributed by atoms with Crippen molar-refractivity contribution in [3.63, 3.8) is 0 Å². The number of benzene rings is 2. The van der Waals surface area contributed by atoms with Crippen molar-refractivity contribution in [1.82, 2.24) is 10.2 Å². The van der Waals surface area contributed by atoms with Crippen LogP contribution in [-0.2, 0) is 6.54 Å². The largest absolute Gasteiger partial charge is 0.314 e. The molecule has 0 spiro atoms. The van der Waals surface area contributed by atoms with Crippen molar-refractivity contribution in [3.05, 3.63) is 58.6 Å². The molecule has 1 aliphatic heterocycles. The molecular weight excluding hydrogens is 312 g/mol. The summed E-state index contributed by atoms with van der Waals surface area (Å²) >= 11 is 3.56. The Morgan fingerprint density at radius 2 is 1.80 bits per heavy atom. The highest BCUT2D eigenvalue weighted by molar-refractivity contribution is 9.10. The van der Waals surface area contributed by atoms with Crippen molar-refractivity contribution >= 4 is 15.9 Å². The maximum absolute atomic E-state index is 3.56. The van der Waals surface area contributed by atoms with Crippen LogP contribution in [0.5, 0.6) is 0 Å². The molecule has 3 rings (SSSR count). The highest BCUT2D eigenvalue weighted by Gasteiger charge is 2.12. The highest BCUT2D eigenvalue weighted by atomic mass is 79.9. The summed E-state index contributed by atoms with van der Waals surface area (Å²) in [5.41, 5.74) is 4.03. The summed E-state index contributed by atoms with van der Waals surface area (Å²) in [5, 5.41) is 3.41. The molecule has 0 aliphatic carbocycles. The van der Waals surface area contributed by atoms with E-state index in [0.29, 0.717) is 0 Å². The molecule has 0 amide bonds. The first-order valence-electron chi connectivity index (χ1n) is 7.10. The van der Waals surface area contributed by atoms with Gasteiger partial charge in [-0.3, -0.25) is 4.90 Å². The lowest BCUT2D eigenvalue weighted by molar-refractivity contribution is 0.233. The second kappa shape index (κ2) is 6.53. The Balaban J connectivity index is 1.87. The van der Waals surface area contributed by atoms with Gasteiger partial charge in [0.15, 0.2) is 0 Å². The second-order valence-electron chi connectivity index (χ2n) is 5.19. The molecule has 2 aromatic rings. The third-order valence-electron chi connectivity index (χ3n) is 3.76. The minimum atomic E-state index is 1.03. The molecular formula is C17H19BrN2. The fourth-order valence-electron chi connectivity index (χ4n) is 2.71. The van der Waals surface area contributed by atoms with E-state index in [-0.39, 0.29) is 0 Å². The van der Waals surface area contributed by atoms with Crippen molar-refractivity contribution in [2.45, 2.75) is 6.54 Å². The number of nitrogens with zero attached hydrogens (tertiary/aromatic N) is 1. The first-order chi connectivity index (χ1) is 9.83. The molecule has 0 aromatic heterocycles. The van der Waals surface area contributed by atoms with Gasteiger partial charge in [0.2, 0.25) is 0 Å². The van der Waals surface area contributed by atoms with Crippen LogP contribution >= 0.6 is 15.9 Å². The van der Waals surface area contributed by atoms with Gasteiger partial charge in [0.1, 0.15) is 0 Å². The van der Waals surface area contributed by atoms with Crippen LogP contribution in [0, 0.1) is 0 Å². The molecule has 3 heteroatoms. The van der Waals surface area contributed by atoms with Gasteiger partial charge in [0.25, 0.3) is 0 Å². The van der Waals surface area contributed by atoms with E-state index in [1.165, 1.54) is 16.7 Å². The van der Waals surface area contributed by atoms with Crippen LogP contribution in [0.2, 0.25) is 0 Å². The third kappa shape index (κ3) is 3.29. The Morgan fingerprint density at radius 3 is 2.60 bits per heavy atom. The number of halogens is 1. The SMILES string of the molecule is Brc1cccc(-c2ccccc2CN2CCNCC2)c1. The average molecular weight is 331 g/mol. The molecule has 0 bridgehead atoms. The van der Waals surface area contributed by atoms with Gasteiger partial charge in [-0.25, -0.2) is 0 Å². The first-order valence-corrected chi connectivity index (χ1v) is 7.89. The van der Waals surface area contributed by atoms with E-state index in [0.717, 1.165) is 37.2 Å². The standard InChI is InChI=1S/C17H19BrN2/c18-16-6-3-5-14(12-16)17-7-2-1-4-15(17)13-20-10-8-19-9-11-20/h1-7,12,19H,8-11,13H2. The lowest BCUT2D eigenvalue weighted by atomic mass is 9.99. The van der Waals surface area contributed by atoms with Crippen LogP contribution in [0.3, 0.4) is 0 Å². The Labute approximate surface area is 128 Å². The van der Waals surface area contributed by atoms with Gasteiger partial charge in [-0.15, -0.1) is 0 Å². The lowest BCUT2D eigenvalue weighted by Gasteiger charge is -2.28. The van der Waals surface area contributed by atoms with E-state index in [2.05, 4.69) is 74.7 Å². The minimum Gasteiger partial charge on any atom is -0.314 e. The topological polar surface area (TPSA) is 15.3 Å². The number of nitrogens with one attached hydrogen (secondary N) is 1. The van der Waals surface area contributed by atoms with E-state index in [1.54, 1.807) is 0 Å². The Bertz CT molecular complexity index is 577. The molecule has 1 fully saturated rings. The van der Waals surface area contributed by atoms with Crippen LogP contribution in [0.1, 0.15) is 5.56 Å². The molecule has 104 valence electrons. The van der Waals surface area contributed by atoms with Gasteiger partial charge in [-0.1, -0.05) is 52.3 Å². The van der Waals surface area contributed by atoms with Crippen molar-refractivity contribution in [1.29, 1.82) is 0 Å². The third-order valence-corrected chi connectivity index (χ3v) is 4.25. The van der Waals surface area contributed by atoms with Gasteiger partial charge in [0, 0.05) is 37.2 Å². The summed E-state index contributed by atoms with van der Waals surface area (Å²) in [5.74, 6) is 0. The zero-order valence-electron chi connectivity index (χ0n) is 11.5. The van der Waals surface area contributed by atoms with Crippen LogP contribution in [0.4, 0.5) is 0 Å². The fourth-order valence-corrected chi connectivity index (χ4v) is 3.11. The molecule has 0 saturated carbocycles. The summed E-state index contributed by atoms with van der Waals surface area (Å²) in [6.07, 6.45) is 0. The van der Waals surface area contributed by atoms with Crippen molar-refractivity contribution < 1.29 is 0 Å². The number of hydrogen-bond acceptors (Lipinski definition) is 2. The van der Waals surface area contributed by atoms with Gasteiger partial charge < -0.3 is 5.32 Å². The lowest BCUT2D eigenvalue weighted by Crippen LogP contribution is -2.42. The van der Waals surface area contributed by atoms with Gasteiger partial charge in [-0.2, -0.15) is 0 Å². The second-order valence-corrected chi connectivity index (χ2v) is 6.11. The van der Waals surface area contributed by atoms with Crippen molar-refractivity contribution in [2.24, 2.45) is 0 Å². The van der Waals surface area contributed by atoms with Crippen LogP contribution in [0.25, 0.3) is 11.1 Å². The predicted molar refractivity (Wildman–Crippen MR) is 87.7 cm³/mol. The predicted octanol–water partition coefficient (Wildman–Crippen LogP) is 3.52. The minimum absolute atomic E-state index is 1.03.